The van der Waals surface area contributed by atoms with Gasteiger partial charge in [-0.05, 0) is 71.4 Å². The van der Waals surface area contributed by atoms with E-state index in [1.54, 1.807) is 13.1 Å². The molecule has 4 aromatic rings. The summed E-state index contributed by atoms with van der Waals surface area (Å²) >= 11 is 9.26. The number of benzene rings is 1. The number of amides is 1. The van der Waals surface area contributed by atoms with Crippen molar-refractivity contribution in [2.24, 2.45) is 5.92 Å². The molecule has 210 valence electrons. The summed E-state index contributed by atoms with van der Waals surface area (Å²) in [5.41, 5.74) is 0.948. The summed E-state index contributed by atoms with van der Waals surface area (Å²) in [6, 6.07) is 14.4. The zero-order valence-electron chi connectivity index (χ0n) is 22.0. The minimum absolute atomic E-state index is 0.102. The molecule has 11 heteroatoms. The summed E-state index contributed by atoms with van der Waals surface area (Å²) in [5, 5.41) is 4.28. The van der Waals surface area contributed by atoms with Crippen molar-refractivity contribution < 1.29 is 13.2 Å². The number of fused-ring (bicyclic) bond motifs is 1. The molecule has 2 unspecified atom stereocenters. The van der Waals surface area contributed by atoms with E-state index in [9.17, 15) is 13.2 Å². The Morgan fingerprint density at radius 2 is 1.90 bits per heavy atom. The van der Waals surface area contributed by atoms with Crippen LogP contribution >= 0.6 is 27.5 Å². The van der Waals surface area contributed by atoms with Crippen molar-refractivity contribution in [3.63, 3.8) is 0 Å². The molecule has 5 rings (SSSR count). The molecule has 3 N–H and O–H groups in total. The molecule has 1 aliphatic rings. The van der Waals surface area contributed by atoms with Crippen LogP contribution in [-0.4, -0.2) is 34.8 Å². The maximum Gasteiger partial charge on any atom is 0.243 e. The fourth-order valence-corrected chi connectivity index (χ4v) is 7.43. The third-order valence-electron chi connectivity index (χ3n) is 7.58. The number of carbonyl (C=O) groups is 1. The molecule has 0 spiro atoms. The average molecular weight is 645 g/mol. The summed E-state index contributed by atoms with van der Waals surface area (Å²) in [5.74, 6) is -0.221. The normalized spacial score (nSPS) is 16.9. The molecule has 1 aliphatic carbocycles. The molecule has 3 heterocycles. The first-order valence-electron chi connectivity index (χ1n) is 13.3. The topological polar surface area (TPSA) is 117 Å². The second kappa shape index (κ2) is 12.0. The number of aromatic nitrogens is 3. The lowest BCUT2D eigenvalue weighted by atomic mass is 9.82. The Bertz CT molecular complexity index is 1610. The number of para-hydroxylation sites is 1. The Hall–Kier alpha value is -2.79. The number of H-pyrrole nitrogens is 1. The molecule has 1 aromatic carbocycles. The van der Waals surface area contributed by atoms with Crippen LogP contribution in [0.3, 0.4) is 0 Å². The molecule has 3 aromatic heterocycles. The predicted octanol–water partition coefficient (Wildman–Crippen LogP) is 6.09. The van der Waals surface area contributed by atoms with Crippen molar-refractivity contribution >= 4 is 54.4 Å². The summed E-state index contributed by atoms with van der Waals surface area (Å²) in [6.07, 6.45) is 10.1. The second-order valence-electron chi connectivity index (χ2n) is 10.5. The van der Waals surface area contributed by atoms with Gasteiger partial charge in [-0.1, -0.05) is 55.1 Å². The van der Waals surface area contributed by atoms with Gasteiger partial charge in [-0.2, -0.15) is 4.72 Å². The van der Waals surface area contributed by atoms with Gasteiger partial charge in [0.25, 0.3) is 0 Å². The molecular formula is C29H31BrClN5O3S. The lowest BCUT2D eigenvalue weighted by Crippen LogP contribution is -2.59. The Labute approximate surface area is 247 Å². The number of halogens is 2. The molecule has 1 fully saturated rings. The van der Waals surface area contributed by atoms with Gasteiger partial charge in [-0.25, -0.2) is 13.4 Å². The smallest absolute Gasteiger partial charge is 0.243 e. The van der Waals surface area contributed by atoms with Crippen LogP contribution in [0.1, 0.15) is 56.3 Å². The number of nitrogens with one attached hydrogen (secondary N) is 3. The van der Waals surface area contributed by atoms with Crippen LogP contribution in [0.4, 0.5) is 0 Å². The highest BCUT2D eigenvalue weighted by Crippen LogP contribution is 2.35. The highest BCUT2D eigenvalue weighted by Gasteiger charge is 2.41. The SMILES string of the molecule is CC(Cc1c[nH]c2ccccc12)(NS(=O)(=O)c1cnc(Cl)c(Br)c1)C(=O)NC(c1ccccn1)C1CCCCC1. The van der Waals surface area contributed by atoms with E-state index < -0.39 is 21.5 Å². The van der Waals surface area contributed by atoms with E-state index in [-0.39, 0.29) is 28.4 Å². The lowest BCUT2D eigenvalue weighted by molar-refractivity contribution is -0.127. The van der Waals surface area contributed by atoms with Crippen LogP contribution in [-0.2, 0) is 21.2 Å². The van der Waals surface area contributed by atoms with Gasteiger partial charge in [0.2, 0.25) is 15.9 Å². The quantitative estimate of drug-likeness (QED) is 0.191. The molecule has 1 amide bonds. The molecule has 40 heavy (non-hydrogen) atoms. The summed E-state index contributed by atoms with van der Waals surface area (Å²) in [6.45, 7) is 1.62. The number of carbonyl (C=O) groups excluding carboxylic acids is 1. The van der Waals surface area contributed by atoms with Crippen molar-refractivity contribution in [1.82, 2.24) is 25.0 Å². The molecule has 0 bridgehead atoms. The van der Waals surface area contributed by atoms with Crippen molar-refractivity contribution in [3.8, 4) is 0 Å². The number of hydrogen-bond donors (Lipinski definition) is 3. The number of aromatic amines is 1. The van der Waals surface area contributed by atoms with Crippen LogP contribution in [0.15, 0.2) is 76.5 Å². The molecule has 2 atom stereocenters. The van der Waals surface area contributed by atoms with Crippen LogP contribution in [0.25, 0.3) is 10.9 Å². The van der Waals surface area contributed by atoms with E-state index in [1.165, 1.54) is 18.7 Å². The molecule has 1 saturated carbocycles. The van der Waals surface area contributed by atoms with E-state index >= 15 is 0 Å². The van der Waals surface area contributed by atoms with Crippen molar-refractivity contribution in [2.45, 2.75) is 61.9 Å². The van der Waals surface area contributed by atoms with Crippen LogP contribution < -0.4 is 10.0 Å². The van der Waals surface area contributed by atoms with Gasteiger partial charge in [-0.15, -0.1) is 0 Å². The monoisotopic (exact) mass is 643 g/mol. The first kappa shape index (κ1) is 28.7. The van der Waals surface area contributed by atoms with Crippen LogP contribution in [0.5, 0.6) is 0 Å². The predicted molar refractivity (Wildman–Crippen MR) is 159 cm³/mol. The molecule has 0 radical (unpaired) electrons. The van der Waals surface area contributed by atoms with Crippen LogP contribution in [0, 0.1) is 5.92 Å². The number of hydrogen-bond acceptors (Lipinski definition) is 5. The Kier molecular flexibility index (Phi) is 8.61. The Morgan fingerprint density at radius 3 is 2.62 bits per heavy atom. The fourth-order valence-electron chi connectivity index (χ4n) is 5.49. The first-order valence-corrected chi connectivity index (χ1v) is 15.9. The number of nitrogens with zero attached hydrogens (tertiary/aromatic N) is 2. The van der Waals surface area contributed by atoms with Gasteiger partial charge >= 0.3 is 0 Å². The summed E-state index contributed by atoms with van der Waals surface area (Å²) < 4.78 is 30.4. The fraction of sp³-hybridized carbons (Fsp3) is 0.345. The lowest BCUT2D eigenvalue weighted by Gasteiger charge is -2.35. The standard InChI is InChI=1S/C29H31BrClN5O3S/c1-29(16-20-17-33-24-12-6-5-11-22(20)24,36-40(38,39)21-15-23(30)27(31)34-18-21)28(37)35-26(19-9-3-2-4-10-19)25-13-7-8-14-32-25/h5-8,11-15,17-19,26,33,36H,2-4,9-10,16H2,1H3,(H,35,37). The second-order valence-corrected chi connectivity index (χ2v) is 13.4. The van der Waals surface area contributed by atoms with Gasteiger partial charge in [-0.3, -0.25) is 9.78 Å². The van der Waals surface area contributed by atoms with E-state index in [4.69, 9.17) is 11.6 Å². The zero-order chi connectivity index (χ0) is 28.3. The van der Waals surface area contributed by atoms with E-state index in [0.29, 0.717) is 4.47 Å². The van der Waals surface area contributed by atoms with Gasteiger partial charge in [0.15, 0.2) is 0 Å². The van der Waals surface area contributed by atoms with Crippen LogP contribution in [0.2, 0.25) is 5.15 Å². The minimum atomic E-state index is -4.17. The van der Waals surface area contributed by atoms with E-state index in [1.807, 2.05) is 48.7 Å². The third kappa shape index (κ3) is 6.25. The molecule has 8 nitrogen and oxygen atoms in total. The molecule has 0 saturated heterocycles. The van der Waals surface area contributed by atoms with Gasteiger partial charge in [0.1, 0.15) is 15.6 Å². The van der Waals surface area contributed by atoms with Crippen molar-refractivity contribution in [3.05, 3.63) is 88.0 Å². The number of pyridine rings is 2. The highest BCUT2D eigenvalue weighted by atomic mass is 79.9. The van der Waals surface area contributed by atoms with Crippen molar-refractivity contribution in [1.29, 1.82) is 0 Å². The average Bonchev–Trinajstić information content (AvgIpc) is 3.36. The maximum absolute atomic E-state index is 14.3. The zero-order valence-corrected chi connectivity index (χ0v) is 25.2. The van der Waals surface area contributed by atoms with Gasteiger partial charge < -0.3 is 10.3 Å². The summed E-state index contributed by atoms with van der Waals surface area (Å²) in [7, 11) is -4.17. The molecular weight excluding hydrogens is 614 g/mol. The number of rotatable bonds is 9. The highest BCUT2D eigenvalue weighted by molar-refractivity contribution is 9.10. The third-order valence-corrected chi connectivity index (χ3v) is 10.3. The van der Waals surface area contributed by atoms with Gasteiger partial charge in [0, 0.05) is 35.9 Å². The van der Waals surface area contributed by atoms with E-state index in [2.05, 4.69) is 40.9 Å². The van der Waals surface area contributed by atoms with E-state index in [0.717, 1.165) is 47.8 Å². The first-order chi connectivity index (χ1) is 19.2. The Balaban J connectivity index is 1.52. The Morgan fingerprint density at radius 1 is 1.15 bits per heavy atom. The largest absolute Gasteiger partial charge is 0.361 e. The summed E-state index contributed by atoms with van der Waals surface area (Å²) in [4.78, 5) is 25.9. The van der Waals surface area contributed by atoms with Gasteiger partial charge in [0.05, 0.1) is 16.2 Å². The minimum Gasteiger partial charge on any atom is -0.361 e. The number of sulfonamides is 1. The molecule has 0 aliphatic heterocycles. The maximum atomic E-state index is 14.3. The van der Waals surface area contributed by atoms with Crippen molar-refractivity contribution in [2.75, 3.05) is 0 Å².